The second kappa shape index (κ2) is 2.76. The third-order valence-corrected chi connectivity index (χ3v) is 4.28. The smallest absolute Gasteiger partial charge is 0.244 e. The van der Waals surface area contributed by atoms with Crippen LogP contribution in [0.15, 0.2) is 0 Å². The van der Waals surface area contributed by atoms with Crippen LogP contribution >= 0.6 is 0 Å². The number of amides is 1. The summed E-state index contributed by atoms with van der Waals surface area (Å²) in [4.78, 5) is 14.3. The number of nitrogens with one attached hydrogen (secondary N) is 1. The fraction of sp³-hybridized carbons (Fsp3) is 0.917. The van der Waals surface area contributed by atoms with E-state index in [9.17, 15) is 4.79 Å². The molecule has 0 aromatic rings. The minimum absolute atomic E-state index is 0.119. The molecule has 3 heteroatoms. The zero-order valence-corrected chi connectivity index (χ0v) is 9.68. The van der Waals surface area contributed by atoms with Gasteiger partial charge in [0.2, 0.25) is 5.91 Å². The number of hydrogen-bond acceptors (Lipinski definition) is 2. The highest BCUT2D eigenvalue weighted by Gasteiger charge is 2.59. The van der Waals surface area contributed by atoms with Gasteiger partial charge in [-0.3, -0.25) is 10.1 Å². The van der Waals surface area contributed by atoms with E-state index < -0.39 is 0 Å². The quantitative estimate of drug-likeness (QED) is 0.762. The lowest BCUT2D eigenvalue weighted by Crippen LogP contribution is -2.40. The summed E-state index contributed by atoms with van der Waals surface area (Å²) in [6.45, 7) is 5.43. The number of rotatable bonds is 3. The second-order valence-corrected chi connectivity index (χ2v) is 5.89. The van der Waals surface area contributed by atoms with E-state index in [4.69, 9.17) is 0 Å². The molecular weight excluding hydrogens is 188 g/mol. The first kappa shape index (κ1) is 9.64. The van der Waals surface area contributed by atoms with Crippen LogP contribution in [0, 0.1) is 5.41 Å². The summed E-state index contributed by atoms with van der Waals surface area (Å²) in [5.41, 5.74) is 0.317. The van der Waals surface area contributed by atoms with Gasteiger partial charge in [-0.2, -0.15) is 0 Å². The molecule has 3 nitrogen and oxygen atoms in total. The first-order valence-electron chi connectivity index (χ1n) is 6.17. The van der Waals surface area contributed by atoms with Gasteiger partial charge >= 0.3 is 0 Å². The van der Waals surface area contributed by atoms with Crippen molar-refractivity contribution in [1.29, 1.82) is 0 Å². The fourth-order valence-corrected chi connectivity index (χ4v) is 2.65. The zero-order chi connectivity index (χ0) is 10.7. The third kappa shape index (κ3) is 1.40. The van der Waals surface area contributed by atoms with E-state index in [1.807, 2.05) is 0 Å². The van der Waals surface area contributed by atoms with Crippen molar-refractivity contribution in [2.75, 3.05) is 6.54 Å². The van der Waals surface area contributed by atoms with Gasteiger partial charge in [0.1, 0.15) is 0 Å². The fourth-order valence-electron chi connectivity index (χ4n) is 2.65. The van der Waals surface area contributed by atoms with Crippen LogP contribution in [0.25, 0.3) is 0 Å². The molecule has 3 fully saturated rings. The molecule has 1 unspecified atom stereocenters. The molecule has 1 heterocycles. The van der Waals surface area contributed by atoms with Crippen molar-refractivity contribution in [3.05, 3.63) is 0 Å². The van der Waals surface area contributed by atoms with Crippen LogP contribution in [0.5, 0.6) is 0 Å². The monoisotopic (exact) mass is 208 g/mol. The Balaban J connectivity index is 1.76. The molecule has 1 amide bonds. The Morgan fingerprint density at radius 3 is 2.53 bits per heavy atom. The Kier molecular flexibility index (Phi) is 1.77. The number of hydrogen-bond donors (Lipinski definition) is 1. The standard InChI is InChI=1S/C12H20N2O/c1-3-9-13-12(6-7-12)10(15)14(9)8-11(2)4-5-11/h9,13H,3-8H2,1-2H3. The van der Waals surface area contributed by atoms with Crippen LogP contribution < -0.4 is 5.32 Å². The van der Waals surface area contributed by atoms with Crippen molar-refractivity contribution in [2.45, 2.75) is 57.7 Å². The molecule has 0 aromatic carbocycles. The van der Waals surface area contributed by atoms with Gasteiger partial charge in [-0.25, -0.2) is 0 Å². The first-order valence-corrected chi connectivity index (χ1v) is 6.17. The Morgan fingerprint density at radius 1 is 1.40 bits per heavy atom. The van der Waals surface area contributed by atoms with Crippen LogP contribution in [-0.2, 0) is 4.79 Å². The van der Waals surface area contributed by atoms with Gasteiger partial charge in [0, 0.05) is 6.54 Å². The van der Waals surface area contributed by atoms with Crippen molar-refractivity contribution in [2.24, 2.45) is 5.41 Å². The van der Waals surface area contributed by atoms with Gasteiger partial charge in [0.25, 0.3) is 0 Å². The van der Waals surface area contributed by atoms with Crippen LogP contribution in [0.2, 0.25) is 0 Å². The summed E-state index contributed by atoms with van der Waals surface area (Å²) in [6, 6.07) is 0. The molecule has 1 N–H and O–H groups in total. The molecule has 2 aliphatic carbocycles. The topological polar surface area (TPSA) is 32.3 Å². The molecule has 0 bridgehead atoms. The van der Waals surface area contributed by atoms with Gasteiger partial charge in [-0.15, -0.1) is 0 Å². The predicted molar refractivity (Wildman–Crippen MR) is 58.2 cm³/mol. The minimum atomic E-state index is -0.119. The van der Waals surface area contributed by atoms with E-state index in [-0.39, 0.29) is 5.54 Å². The van der Waals surface area contributed by atoms with Gasteiger partial charge in [0.05, 0.1) is 11.7 Å². The van der Waals surface area contributed by atoms with E-state index in [0.717, 1.165) is 25.8 Å². The highest BCUT2D eigenvalue weighted by Crippen LogP contribution is 2.49. The van der Waals surface area contributed by atoms with Gasteiger partial charge in [0.15, 0.2) is 0 Å². The Hall–Kier alpha value is -0.570. The normalized spacial score (nSPS) is 34.9. The molecule has 15 heavy (non-hydrogen) atoms. The largest absolute Gasteiger partial charge is 0.325 e. The highest BCUT2D eigenvalue weighted by atomic mass is 16.2. The van der Waals surface area contributed by atoms with E-state index in [2.05, 4.69) is 24.1 Å². The SMILES string of the molecule is CCC1NC2(CC2)C(=O)N1CC1(C)CC1. The van der Waals surface area contributed by atoms with Gasteiger partial charge < -0.3 is 4.90 Å². The molecule has 0 radical (unpaired) electrons. The lowest BCUT2D eigenvalue weighted by Gasteiger charge is -2.26. The van der Waals surface area contributed by atoms with Crippen molar-refractivity contribution >= 4 is 5.91 Å². The molecule has 1 spiro atoms. The Bertz CT molecular complexity index is 305. The van der Waals surface area contributed by atoms with Gasteiger partial charge in [-0.1, -0.05) is 13.8 Å². The Morgan fingerprint density at radius 2 is 2.07 bits per heavy atom. The number of carbonyl (C=O) groups is 1. The average Bonchev–Trinajstić information content (AvgIpc) is 3.09. The van der Waals surface area contributed by atoms with E-state index in [1.165, 1.54) is 12.8 Å². The van der Waals surface area contributed by atoms with E-state index in [0.29, 0.717) is 17.5 Å². The molecule has 0 aromatic heterocycles. The van der Waals surface area contributed by atoms with Crippen molar-refractivity contribution < 1.29 is 4.79 Å². The Labute approximate surface area is 91.2 Å². The summed E-state index contributed by atoms with van der Waals surface area (Å²) in [5.74, 6) is 0.377. The maximum atomic E-state index is 12.2. The van der Waals surface area contributed by atoms with Crippen LogP contribution in [0.3, 0.4) is 0 Å². The average molecular weight is 208 g/mol. The number of nitrogens with zero attached hydrogens (tertiary/aromatic N) is 1. The maximum absolute atomic E-state index is 12.2. The van der Waals surface area contributed by atoms with Crippen LogP contribution in [0.1, 0.15) is 46.0 Å². The molecule has 1 saturated heterocycles. The van der Waals surface area contributed by atoms with Crippen molar-refractivity contribution in [3.8, 4) is 0 Å². The highest BCUT2D eigenvalue weighted by molar-refractivity contribution is 5.91. The van der Waals surface area contributed by atoms with E-state index in [1.54, 1.807) is 0 Å². The molecule has 1 atom stereocenters. The summed E-state index contributed by atoms with van der Waals surface area (Å²) in [7, 11) is 0. The number of carbonyl (C=O) groups excluding carboxylic acids is 1. The summed E-state index contributed by atoms with van der Waals surface area (Å²) < 4.78 is 0. The predicted octanol–water partition coefficient (Wildman–Crippen LogP) is 1.49. The van der Waals surface area contributed by atoms with E-state index >= 15 is 0 Å². The van der Waals surface area contributed by atoms with Crippen molar-refractivity contribution in [1.82, 2.24) is 10.2 Å². The van der Waals surface area contributed by atoms with Crippen LogP contribution in [0.4, 0.5) is 0 Å². The maximum Gasteiger partial charge on any atom is 0.244 e. The molecule has 2 saturated carbocycles. The lowest BCUT2D eigenvalue weighted by molar-refractivity contribution is -0.131. The molecular formula is C12H20N2O. The summed E-state index contributed by atoms with van der Waals surface area (Å²) in [6.07, 6.45) is 6.02. The zero-order valence-electron chi connectivity index (χ0n) is 9.68. The molecule has 1 aliphatic heterocycles. The molecule has 3 rings (SSSR count). The first-order chi connectivity index (χ1) is 7.09. The minimum Gasteiger partial charge on any atom is -0.325 e. The van der Waals surface area contributed by atoms with Crippen molar-refractivity contribution in [3.63, 3.8) is 0 Å². The van der Waals surface area contributed by atoms with Crippen LogP contribution in [-0.4, -0.2) is 29.1 Å². The third-order valence-electron chi connectivity index (χ3n) is 4.28. The second-order valence-electron chi connectivity index (χ2n) is 5.89. The molecule has 84 valence electrons. The molecule has 3 aliphatic rings. The lowest BCUT2D eigenvalue weighted by atomic mass is 10.1. The summed E-state index contributed by atoms with van der Waals surface area (Å²) >= 11 is 0. The van der Waals surface area contributed by atoms with Gasteiger partial charge in [-0.05, 0) is 37.5 Å². The summed E-state index contributed by atoms with van der Waals surface area (Å²) in [5, 5.41) is 3.52.